The Balaban J connectivity index is 2.50. The van der Waals surface area contributed by atoms with E-state index in [1.807, 2.05) is 19.0 Å². The summed E-state index contributed by atoms with van der Waals surface area (Å²) in [6, 6.07) is 0.322. The van der Waals surface area contributed by atoms with E-state index in [0.717, 1.165) is 0 Å². The highest BCUT2D eigenvalue weighted by Crippen LogP contribution is 2.04. The van der Waals surface area contributed by atoms with Gasteiger partial charge in [-0.15, -0.1) is 0 Å². The predicted octanol–water partition coefficient (Wildman–Crippen LogP) is 0.695. The fourth-order valence-electron chi connectivity index (χ4n) is 0.755. The Morgan fingerprint density at radius 3 is 2.36 bits per heavy atom. The molecule has 1 aromatic rings. The number of halogens is 2. The van der Waals surface area contributed by atoms with Gasteiger partial charge < -0.3 is 9.64 Å². The molecule has 4 nitrogen and oxygen atoms in total. The van der Waals surface area contributed by atoms with E-state index in [0.29, 0.717) is 12.6 Å². The van der Waals surface area contributed by atoms with E-state index in [9.17, 15) is 8.78 Å². The maximum Gasteiger partial charge on any atom is 0.321 e. The van der Waals surface area contributed by atoms with Crippen molar-refractivity contribution in [3.8, 4) is 6.01 Å². The minimum Gasteiger partial charge on any atom is -0.462 e. The van der Waals surface area contributed by atoms with Crippen molar-refractivity contribution >= 4 is 0 Å². The summed E-state index contributed by atoms with van der Waals surface area (Å²) in [6.07, 6.45) is 0. The fraction of sp³-hybridized carbons (Fsp3) is 0.500. The molecule has 1 heterocycles. The van der Waals surface area contributed by atoms with Gasteiger partial charge in [0.25, 0.3) is 0 Å². The first kappa shape index (κ1) is 10.8. The molecule has 0 bridgehead atoms. The normalized spacial score (nSPS) is 10.6. The molecule has 0 fully saturated rings. The smallest absolute Gasteiger partial charge is 0.321 e. The van der Waals surface area contributed by atoms with Crippen LogP contribution in [0.4, 0.5) is 8.78 Å². The number of hydrogen-bond acceptors (Lipinski definition) is 4. The molecule has 0 saturated heterocycles. The van der Waals surface area contributed by atoms with Gasteiger partial charge >= 0.3 is 6.01 Å². The van der Waals surface area contributed by atoms with Gasteiger partial charge in [0.1, 0.15) is 6.61 Å². The molecule has 1 rings (SSSR count). The van der Waals surface area contributed by atoms with Crippen molar-refractivity contribution in [2.75, 3.05) is 27.2 Å². The third kappa shape index (κ3) is 3.61. The number of ether oxygens (including phenoxy) is 1. The molecule has 0 aromatic carbocycles. The molecule has 14 heavy (non-hydrogen) atoms. The van der Waals surface area contributed by atoms with Crippen LogP contribution in [-0.4, -0.2) is 42.1 Å². The van der Waals surface area contributed by atoms with Gasteiger partial charge in [0.2, 0.25) is 11.9 Å². The largest absolute Gasteiger partial charge is 0.462 e. The second kappa shape index (κ2) is 4.80. The van der Waals surface area contributed by atoms with Crippen LogP contribution in [-0.2, 0) is 0 Å². The van der Waals surface area contributed by atoms with E-state index in [2.05, 4.69) is 9.97 Å². The molecule has 0 amide bonds. The zero-order valence-electron chi connectivity index (χ0n) is 8.00. The van der Waals surface area contributed by atoms with Gasteiger partial charge in [-0.25, -0.2) is 0 Å². The molecule has 0 aliphatic heterocycles. The molecule has 78 valence electrons. The van der Waals surface area contributed by atoms with Crippen LogP contribution < -0.4 is 4.74 Å². The minimum atomic E-state index is -0.933. The van der Waals surface area contributed by atoms with E-state index in [-0.39, 0.29) is 12.6 Å². The second-order valence-corrected chi connectivity index (χ2v) is 2.95. The Kier molecular flexibility index (Phi) is 3.70. The third-order valence-corrected chi connectivity index (χ3v) is 1.41. The number of likely N-dealkylation sites (N-methyl/N-ethyl adjacent to an activating group) is 1. The Bertz CT molecular complexity index is 286. The lowest BCUT2D eigenvalue weighted by atomic mass is 10.6. The summed E-state index contributed by atoms with van der Waals surface area (Å²) in [5.74, 6) is -1.87. The third-order valence-electron chi connectivity index (χ3n) is 1.41. The SMILES string of the molecule is CN(C)CCOc1nc(F)cc(F)n1. The molecule has 0 radical (unpaired) electrons. The Morgan fingerprint density at radius 1 is 1.29 bits per heavy atom. The highest BCUT2D eigenvalue weighted by atomic mass is 19.1. The number of nitrogens with zero attached hydrogens (tertiary/aromatic N) is 3. The molecule has 0 unspecified atom stereocenters. The van der Waals surface area contributed by atoms with Crippen LogP contribution in [0.15, 0.2) is 6.07 Å². The first-order valence-corrected chi connectivity index (χ1v) is 4.05. The average Bonchev–Trinajstić information content (AvgIpc) is 2.01. The minimum absolute atomic E-state index is 0.274. The molecule has 0 aliphatic carbocycles. The molecule has 6 heteroatoms. The Morgan fingerprint density at radius 2 is 1.86 bits per heavy atom. The van der Waals surface area contributed by atoms with Gasteiger partial charge in [0, 0.05) is 12.6 Å². The van der Waals surface area contributed by atoms with Crippen LogP contribution >= 0.6 is 0 Å². The summed E-state index contributed by atoms with van der Waals surface area (Å²) in [7, 11) is 3.72. The molecule has 0 saturated carbocycles. The standard InChI is InChI=1S/C8H11F2N3O/c1-13(2)3-4-14-8-11-6(9)5-7(10)12-8/h5H,3-4H2,1-2H3. The van der Waals surface area contributed by atoms with Gasteiger partial charge in [-0.05, 0) is 14.1 Å². The summed E-state index contributed by atoms with van der Waals surface area (Å²) in [5.41, 5.74) is 0. The first-order chi connectivity index (χ1) is 6.58. The van der Waals surface area contributed by atoms with Gasteiger partial charge in [0.15, 0.2) is 0 Å². The molecule has 0 N–H and O–H groups in total. The first-order valence-electron chi connectivity index (χ1n) is 4.05. The molecule has 0 aliphatic rings. The molecule has 1 aromatic heterocycles. The second-order valence-electron chi connectivity index (χ2n) is 2.95. The monoisotopic (exact) mass is 203 g/mol. The van der Waals surface area contributed by atoms with E-state index in [1.54, 1.807) is 0 Å². The number of aromatic nitrogens is 2. The summed E-state index contributed by atoms with van der Waals surface area (Å²) in [5, 5.41) is 0. The summed E-state index contributed by atoms with van der Waals surface area (Å²) in [6.45, 7) is 0.914. The van der Waals surface area contributed by atoms with Crippen molar-refractivity contribution in [3.05, 3.63) is 18.0 Å². The van der Waals surface area contributed by atoms with E-state index >= 15 is 0 Å². The molecular formula is C8H11F2N3O. The van der Waals surface area contributed by atoms with Gasteiger partial charge in [-0.3, -0.25) is 0 Å². The zero-order chi connectivity index (χ0) is 10.6. The number of rotatable bonds is 4. The average molecular weight is 203 g/mol. The van der Waals surface area contributed by atoms with Crippen LogP contribution in [0.1, 0.15) is 0 Å². The van der Waals surface area contributed by atoms with Gasteiger partial charge in [-0.1, -0.05) is 0 Å². The lowest BCUT2D eigenvalue weighted by Gasteiger charge is -2.09. The van der Waals surface area contributed by atoms with E-state index in [1.165, 1.54) is 0 Å². The Labute approximate surface area is 80.5 Å². The molecule has 0 atom stereocenters. The van der Waals surface area contributed by atoms with Crippen LogP contribution in [0, 0.1) is 11.9 Å². The summed E-state index contributed by atoms with van der Waals surface area (Å²) >= 11 is 0. The van der Waals surface area contributed by atoms with Gasteiger partial charge in [-0.2, -0.15) is 18.7 Å². The van der Waals surface area contributed by atoms with E-state index in [4.69, 9.17) is 4.74 Å². The zero-order valence-corrected chi connectivity index (χ0v) is 8.00. The lowest BCUT2D eigenvalue weighted by Crippen LogP contribution is -2.20. The van der Waals surface area contributed by atoms with Crippen molar-refractivity contribution in [3.63, 3.8) is 0 Å². The summed E-state index contributed by atoms with van der Waals surface area (Å²) < 4.78 is 30.0. The van der Waals surface area contributed by atoms with E-state index < -0.39 is 11.9 Å². The van der Waals surface area contributed by atoms with Crippen molar-refractivity contribution in [2.45, 2.75) is 0 Å². The highest BCUT2D eigenvalue weighted by Gasteiger charge is 2.04. The maximum absolute atomic E-state index is 12.5. The van der Waals surface area contributed by atoms with Crippen LogP contribution in [0.3, 0.4) is 0 Å². The van der Waals surface area contributed by atoms with Crippen molar-refractivity contribution in [1.29, 1.82) is 0 Å². The number of hydrogen-bond donors (Lipinski definition) is 0. The molecule has 0 spiro atoms. The van der Waals surface area contributed by atoms with Crippen molar-refractivity contribution in [2.24, 2.45) is 0 Å². The van der Waals surface area contributed by atoms with Crippen molar-refractivity contribution < 1.29 is 13.5 Å². The topological polar surface area (TPSA) is 38.2 Å². The fourth-order valence-corrected chi connectivity index (χ4v) is 0.755. The predicted molar refractivity (Wildman–Crippen MR) is 46.0 cm³/mol. The Hall–Kier alpha value is -1.30. The lowest BCUT2D eigenvalue weighted by molar-refractivity contribution is 0.239. The quantitative estimate of drug-likeness (QED) is 0.675. The van der Waals surface area contributed by atoms with Crippen LogP contribution in [0.2, 0.25) is 0 Å². The molecular weight excluding hydrogens is 192 g/mol. The highest BCUT2D eigenvalue weighted by molar-refractivity contribution is 4.97. The van der Waals surface area contributed by atoms with Crippen LogP contribution in [0.5, 0.6) is 6.01 Å². The summed E-state index contributed by atoms with van der Waals surface area (Å²) in [4.78, 5) is 8.42. The van der Waals surface area contributed by atoms with Gasteiger partial charge in [0.05, 0.1) is 0 Å². The van der Waals surface area contributed by atoms with Crippen LogP contribution in [0.25, 0.3) is 0 Å². The van der Waals surface area contributed by atoms with Crippen molar-refractivity contribution in [1.82, 2.24) is 14.9 Å². The maximum atomic E-state index is 12.5.